The largest absolute Gasteiger partial charge is 0.497 e. The molecule has 0 spiro atoms. The second-order valence-electron chi connectivity index (χ2n) is 6.35. The first-order valence-electron chi connectivity index (χ1n) is 8.70. The summed E-state index contributed by atoms with van der Waals surface area (Å²) >= 11 is 0. The van der Waals surface area contributed by atoms with Crippen LogP contribution in [0, 0.1) is 13.8 Å². The molecule has 0 aliphatic rings. The lowest BCUT2D eigenvalue weighted by atomic mass is 10.1. The molecule has 0 atom stereocenters. The lowest BCUT2D eigenvalue weighted by Gasteiger charge is -2.06. The van der Waals surface area contributed by atoms with Gasteiger partial charge in [-0.3, -0.25) is 4.79 Å². The highest BCUT2D eigenvalue weighted by Crippen LogP contribution is 2.19. The molecule has 3 rings (SSSR count). The third-order valence-electron chi connectivity index (χ3n) is 4.01. The van der Waals surface area contributed by atoms with E-state index >= 15 is 0 Å². The van der Waals surface area contributed by atoms with Crippen molar-refractivity contribution in [3.63, 3.8) is 0 Å². The normalized spacial score (nSPS) is 10.9. The van der Waals surface area contributed by atoms with Gasteiger partial charge in [-0.05, 0) is 73.5 Å². The molecule has 0 bridgehead atoms. The first kappa shape index (κ1) is 18.5. The fourth-order valence-corrected chi connectivity index (χ4v) is 2.76. The van der Waals surface area contributed by atoms with E-state index in [9.17, 15) is 4.79 Å². The number of rotatable bonds is 7. The van der Waals surface area contributed by atoms with Crippen LogP contribution in [0.15, 0.2) is 65.1 Å². The van der Waals surface area contributed by atoms with E-state index < -0.39 is 0 Å². The minimum absolute atomic E-state index is 0.113. The van der Waals surface area contributed by atoms with Crippen LogP contribution in [0.4, 0.5) is 0 Å². The lowest BCUT2D eigenvalue weighted by molar-refractivity contribution is 0.104. The third kappa shape index (κ3) is 5.11. The monoisotopic (exact) mass is 362 g/mol. The number of furan rings is 1. The molecule has 0 aliphatic carbocycles. The first-order chi connectivity index (χ1) is 13.0. The van der Waals surface area contributed by atoms with Crippen molar-refractivity contribution in [2.45, 2.75) is 20.5 Å². The fraction of sp³-hybridized carbons (Fsp3) is 0.174. The van der Waals surface area contributed by atoms with E-state index in [0.717, 1.165) is 16.9 Å². The lowest BCUT2D eigenvalue weighted by Crippen LogP contribution is -1.95. The molecule has 0 amide bonds. The van der Waals surface area contributed by atoms with E-state index in [1.807, 2.05) is 38.1 Å². The molecule has 1 aromatic heterocycles. The van der Waals surface area contributed by atoms with Gasteiger partial charge >= 0.3 is 0 Å². The van der Waals surface area contributed by atoms with E-state index in [4.69, 9.17) is 13.9 Å². The Kier molecular flexibility index (Phi) is 5.77. The number of carbonyl (C=O) groups is 1. The minimum atomic E-state index is -0.113. The van der Waals surface area contributed by atoms with Gasteiger partial charge in [0.15, 0.2) is 5.78 Å². The van der Waals surface area contributed by atoms with E-state index in [-0.39, 0.29) is 5.78 Å². The summed E-state index contributed by atoms with van der Waals surface area (Å²) in [6.07, 6.45) is 3.14. The van der Waals surface area contributed by atoms with Crippen molar-refractivity contribution in [3.8, 4) is 11.5 Å². The highest BCUT2D eigenvalue weighted by atomic mass is 16.5. The van der Waals surface area contributed by atoms with Crippen LogP contribution in [0.3, 0.4) is 0 Å². The van der Waals surface area contributed by atoms with Crippen molar-refractivity contribution in [3.05, 3.63) is 88.9 Å². The van der Waals surface area contributed by atoms with Crippen LogP contribution in [0.2, 0.25) is 0 Å². The average Bonchev–Trinajstić information content (AvgIpc) is 3.11. The predicted octanol–water partition coefficient (Wildman–Crippen LogP) is 5.38. The number of aryl methyl sites for hydroxylation is 2. The van der Waals surface area contributed by atoms with Gasteiger partial charge in [-0.25, -0.2) is 0 Å². The maximum absolute atomic E-state index is 12.3. The average molecular weight is 362 g/mol. The van der Waals surface area contributed by atoms with Gasteiger partial charge in [0.25, 0.3) is 0 Å². The van der Waals surface area contributed by atoms with Crippen molar-refractivity contribution < 1.29 is 18.7 Å². The summed E-state index contributed by atoms with van der Waals surface area (Å²) < 4.78 is 16.6. The van der Waals surface area contributed by atoms with Crippen LogP contribution in [0.25, 0.3) is 6.08 Å². The first-order valence-corrected chi connectivity index (χ1v) is 8.70. The number of allylic oxidation sites excluding steroid dienone is 1. The van der Waals surface area contributed by atoms with E-state index in [2.05, 4.69) is 6.07 Å². The van der Waals surface area contributed by atoms with Crippen molar-refractivity contribution in [2.75, 3.05) is 7.11 Å². The Morgan fingerprint density at radius 3 is 2.52 bits per heavy atom. The molecule has 0 saturated carbocycles. The number of benzene rings is 2. The minimum Gasteiger partial charge on any atom is -0.497 e. The quantitative estimate of drug-likeness (QED) is 0.418. The van der Waals surface area contributed by atoms with Gasteiger partial charge in [-0.15, -0.1) is 0 Å². The Balaban J connectivity index is 1.61. The molecule has 1 heterocycles. The van der Waals surface area contributed by atoms with Gasteiger partial charge in [0.2, 0.25) is 0 Å². The summed E-state index contributed by atoms with van der Waals surface area (Å²) in [5, 5.41) is 0. The molecule has 0 fully saturated rings. The summed E-state index contributed by atoms with van der Waals surface area (Å²) in [6, 6.07) is 16.8. The molecule has 0 aliphatic heterocycles. The highest BCUT2D eigenvalue weighted by Gasteiger charge is 2.05. The molecule has 2 aromatic carbocycles. The van der Waals surface area contributed by atoms with Crippen LogP contribution in [-0.2, 0) is 6.61 Å². The van der Waals surface area contributed by atoms with E-state index in [0.29, 0.717) is 29.4 Å². The molecule has 3 aromatic rings. The molecule has 27 heavy (non-hydrogen) atoms. The van der Waals surface area contributed by atoms with E-state index in [1.165, 1.54) is 6.08 Å². The number of carbonyl (C=O) groups excluding carboxylic acids is 1. The van der Waals surface area contributed by atoms with Crippen molar-refractivity contribution >= 4 is 11.9 Å². The van der Waals surface area contributed by atoms with Crippen molar-refractivity contribution in [1.29, 1.82) is 0 Å². The zero-order chi connectivity index (χ0) is 19.2. The Morgan fingerprint density at radius 2 is 1.78 bits per heavy atom. The Morgan fingerprint density at radius 1 is 1.00 bits per heavy atom. The molecule has 4 heteroatoms. The summed E-state index contributed by atoms with van der Waals surface area (Å²) in [4.78, 5) is 12.3. The topological polar surface area (TPSA) is 48.7 Å². The van der Waals surface area contributed by atoms with Gasteiger partial charge < -0.3 is 13.9 Å². The zero-order valence-electron chi connectivity index (χ0n) is 15.7. The molecule has 4 nitrogen and oxygen atoms in total. The van der Waals surface area contributed by atoms with Crippen molar-refractivity contribution in [1.82, 2.24) is 0 Å². The Hall–Kier alpha value is -3.27. The van der Waals surface area contributed by atoms with Gasteiger partial charge in [0.05, 0.1) is 7.11 Å². The Bertz CT molecular complexity index is 946. The van der Waals surface area contributed by atoms with Crippen LogP contribution < -0.4 is 9.47 Å². The van der Waals surface area contributed by atoms with Gasteiger partial charge in [-0.2, -0.15) is 0 Å². The number of hydrogen-bond donors (Lipinski definition) is 0. The SMILES string of the molecule is COc1cccc(C(=O)/C=C/c2ccc(COc3cc(C)cc(C)c3)o2)c1. The second-order valence-corrected chi connectivity index (χ2v) is 6.35. The third-order valence-corrected chi connectivity index (χ3v) is 4.01. The second kappa shape index (κ2) is 8.41. The highest BCUT2D eigenvalue weighted by molar-refractivity contribution is 6.06. The van der Waals surface area contributed by atoms with Crippen molar-refractivity contribution in [2.24, 2.45) is 0 Å². The summed E-state index contributed by atoms with van der Waals surface area (Å²) in [5.74, 6) is 2.65. The molecular formula is C23H22O4. The smallest absolute Gasteiger partial charge is 0.186 e. The molecule has 0 N–H and O–H groups in total. The molecule has 0 unspecified atom stereocenters. The summed E-state index contributed by atoms with van der Waals surface area (Å²) in [6.45, 7) is 4.41. The molecule has 138 valence electrons. The van der Waals surface area contributed by atoms with Gasteiger partial charge in [0, 0.05) is 5.56 Å². The van der Waals surface area contributed by atoms with E-state index in [1.54, 1.807) is 37.5 Å². The molecular weight excluding hydrogens is 340 g/mol. The standard InChI is InChI=1S/C23H22O4/c1-16-11-17(2)13-22(12-16)26-15-21-8-7-19(27-21)9-10-23(24)18-5-4-6-20(14-18)25-3/h4-14H,15H2,1-3H3/b10-9+. The van der Waals surface area contributed by atoms with Crippen LogP contribution in [-0.4, -0.2) is 12.9 Å². The zero-order valence-corrected chi connectivity index (χ0v) is 15.7. The van der Waals surface area contributed by atoms with Crippen LogP contribution in [0.5, 0.6) is 11.5 Å². The number of hydrogen-bond acceptors (Lipinski definition) is 4. The summed E-state index contributed by atoms with van der Waals surface area (Å²) in [7, 11) is 1.57. The van der Waals surface area contributed by atoms with Gasteiger partial charge in [0.1, 0.15) is 29.6 Å². The number of methoxy groups -OCH3 is 1. The number of ether oxygens (including phenoxy) is 2. The fourth-order valence-electron chi connectivity index (χ4n) is 2.76. The predicted molar refractivity (Wildman–Crippen MR) is 105 cm³/mol. The maximum atomic E-state index is 12.3. The maximum Gasteiger partial charge on any atom is 0.186 e. The summed E-state index contributed by atoms with van der Waals surface area (Å²) in [5.41, 5.74) is 2.88. The Labute approximate surface area is 159 Å². The van der Waals surface area contributed by atoms with Crippen LogP contribution >= 0.6 is 0 Å². The van der Waals surface area contributed by atoms with Gasteiger partial charge in [-0.1, -0.05) is 18.2 Å². The van der Waals surface area contributed by atoms with Crippen LogP contribution in [0.1, 0.15) is 33.0 Å². The molecule has 0 radical (unpaired) electrons. The molecule has 0 saturated heterocycles. The number of ketones is 1.